The minimum absolute atomic E-state index is 0.0526. The molecule has 5 heteroatoms. The first kappa shape index (κ1) is 15.5. The van der Waals surface area contributed by atoms with Gasteiger partial charge in [0.15, 0.2) is 0 Å². The van der Waals surface area contributed by atoms with Gasteiger partial charge >= 0.3 is 5.97 Å². The van der Waals surface area contributed by atoms with E-state index >= 15 is 0 Å². The van der Waals surface area contributed by atoms with Crippen LogP contribution in [0.25, 0.3) is 0 Å². The van der Waals surface area contributed by atoms with Crippen molar-refractivity contribution in [2.75, 3.05) is 20.3 Å². The first-order chi connectivity index (χ1) is 9.95. The topological polar surface area (TPSA) is 66.8 Å². The molecule has 2 unspecified atom stereocenters. The fourth-order valence-corrected chi connectivity index (χ4v) is 3.01. The SMILES string of the molecule is COCCN1C(=O)CC(C(=O)O)C1c1ccc(C)cc1C. The van der Waals surface area contributed by atoms with E-state index in [2.05, 4.69) is 0 Å². The van der Waals surface area contributed by atoms with Gasteiger partial charge in [0.05, 0.1) is 18.6 Å². The van der Waals surface area contributed by atoms with Crippen LogP contribution in [-0.4, -0.2) is 42.1 Å². The summed E-state index contributed by atoms with van der Waals surface area (Å²) in [4.78, 5) is 25.3. The quantitative estimate of drug-likeness (QED) is 0.900. The number of likely N-dealkylation sites (tertiary alicyclic amines) is 1. The van der Waals surface area contributed by atoms with Gasteiger partial charge in [0.25, 0.3) is 0 Å². The van der Waals surface area contributed by atoms with Crippen molar-refractivity contribution in [2.24, 2.45) is 5.92 Å². The third kappa shape index (κ3) is 3.08. The number of hydrogen-bond donors (Lipinski definition) is 1. The van der Waals surface area contributed by atoms with Crippen LogP contribution in [0.5, 0.6) is 0 Å². The highest BCUT2D eigenvalue weighted by Gasteiger charge is 2.44. The van der Waals surface area contributed by atoms with E-state index in [1.807, 2.05) is 32.0 Å². The molecule has 5 nitrogen and oxygen atoms in total. The molecule has 21 heavy (non-hydrogen) atoms. The maximum Gasteiger partial charge on any atom is 0.309 e. The van der Waals surface area contributed by atoms with E-state index in [0.717, 1.165) is 16.7 Å². The number of nitrogens with zero attached hydrogens (tertiary/aromatic N) is 1. The Hall–Kier alpha value is -1.88. The minimum atomic E-state index is -0.923. The summed E-state index contributed by atoms with van der Waals surface area (Å²) in [5.74, 6) is -1.74. The first-order valence-electron chi connectivity index (χ1n) is 7.04. The molecule has 1 heterocycles. The molecule has 2 rings (SSSR count). The van der Waals surface area contributed by atoms with Gasteiger partial charge < -0.3 is 14.7 Å². The van der Waals surface area contributed by atoms with E-state index in [1.165, 1.54) is 0 Å². The highest BCUT2D eigenvalue weighted by molar-refractivity contribution is 5.87. The molecule has 2 atom stereocenters. The zero-order valence-corrected chi connectivity index (χ0v) is 12.6. The number of carboxylic acids is 1. The predicted molar refractivity (Wildman–Crippen MR) is 78.0 cm³/mol. The summed E-state index contributed by atoms with van der Waals surface area (Å²) in [5, 5.41) is 9.44. The molecule has 1 aliphatic heterocycles. The predicted octanol–water partition coefficient (Wildman–Crippen LogP) is 1.92. The number of hydrogen-bond acceptors (Lipinski definition) is 3. The summed E-state index contributed by atoms with van der Waals surface area (Å²) >= 11 is 0. The van der Waals surface area contributed by atoms with Crippen molar-refractivity contribution in [1.82, 2.24) is 4.90 Å². The van der Waals surface area contributed by atoms with Gasteiger partial charge in [0.1, 0.15) is 0 Å². The number of methoxy groups -OCH3 is 1. The van der Waals surface area contributed by atoms with E-state index in [4.69, 9.17) is 4.74 Å². The van der Waals surface area contributed by atoms with Crippen LogP contribution >= 0.6 is 0 Å². The number of aryl methyl sites for hydroxylation is 2. The monoisotopic (exact) mass is 291 g/mol. The maximum absolute atomic E-state index is 12.2. The molecule has 1 amide bonds. The molecule has 1 aliphatic rings. The number of carboxylic acid groups (broad SMARTS) is 1. The number of rotatable bonds is 5. The van der Waals surface area contributed by atoms with Gasteiger partial charge in [-0.2, -0.15) is 0 Å². The molecule has 1 aromatic rings. The number of aliphatic carboxylic acids is 1. The van der Waals surface area contributed by atoms with E-state index in [1.54, 1.807) is 12.0 Å². The lowest BCUT2D eigenvalue weighted by molar-refractivity contribution is -0.142. The maximum atomic E-state index is 12.2. The van der Waals surface area contributed by atoms with Crippen molar-refractivity contribution in [1.29, 1.82) is 0 Å². The lowest BCUT2D eigenvalue weighted by atomic mass is 9.90. The molecule has 1 N–H and O–H groups in total. The van der Waals surface area contributed by atoms with Crippen LogP contribution in [0.4, 0.5) is 0 Å². The Labute approximate surface area is 124 Å². The van der Waals surface area contributed by atoms with Crippen LogP contribution < -0.4 is 0 Å². The van der Waals surface area contributed by atoms with Crippen LogP contribution in [0.3, 0.4) is 0 Å². The lowest BCUT2D eigenvalue weighted by Gasteiger charge is -2.28. The number of amides is 1. The normalized spacial score (nSPS) is 21.9. The Morgan fingerprint density at radius 3 is 2.71 bits per heavy atom. The summed E-state index contributed by atoms with van der Waals surface area (Å²) in [6.07, 6.45) is 0.0526. The van der Waals surface area contributed by atoms with Gasteiger partial charge in [-0.1, -0.05) is 23.8 Å². The van der Waals surface area contributed by atoms with E-state index < -0.39 is 17.9 Å². The molecule has 114 valence electrons. The van der Waals surface area contributed by atoms with Crippen LogP contribution in [0.2, 0.25) is 0 Å². The number of carbonyl (C=O) groups excluding carboxylic acids is 1. The summed E-state index contributed by atoms with van der Waals surface area (Å²) < 4.78 is 5.04. The summed E-state index contributed by atoms with van der Waals surface area (Å²) in [6.45, 7) is 4.77. The second kappa shape index (κ2) is 6.26. The van der Waals surface area contributed by atoms with Crippen molar-refractivity contribution in [2.45, 2.75) is 26.3 Å². The van der Waals surface area contributed by atoms with Gasteiger partial charge in [0.2, 0.25) is 5.91 Å². The average Bonchev–Trinajstić information content (AvgIpc) is 2.74. The Morgan fingerprint density at radius 2 is 2.14 bits per heavy atom. The third-order valence-corrected chi connectivity index (χ3v) is 4.03. The zero-order valence-electron chi connectivity index (χ0n) is 12.6. The van der Waals surface area contributed by atoms with Crippen LogP contribution in [0.15, 0.2) is 18.2 Å². The van der Waals surface area contributed by atoms with E-state index in [-0.39, 0.29) is 12.3 Å². The average molecular weight is 291 g/mol. The van der Waals surface area contributed by atoms with Gasteiger partial charge in [0, 0.05) is 20.1 Å². The molecular formula is C16H21NO4. The van der Waals surface area contributed by atoms with Crippen molar-refractivity contribution < 1.29 is 19.4 Å². The standard InChI is InChI=1S/C16H21NO4/c1-10-4-5-12(11(2)8-10)15-13(16(19)20)9-14(18)17(15)6-7-21-3/h4-5,8,13,15H,6-7,9H2,1-3H3,(H,19,20). The van der Waals surface area contributed by atoms with E-state index in [0.29, 0.717) is 13.2 Å². The molecule has 1 aromatic carbocycles. The summed E-state index contributed by atoms with van der Waals surface area (Å²) in [5.41, 5.74) is 3.05. The molecule has 0 radical (unpaired) electrons. The van der Waals surface area contributed by atoms with Crippen LogP contribution in [0.1, 0.15) is 29.2 Å². The highest BCUT2D eigenvalue weighted by Crippen LogP contribution is 2.39. The van der Waals surface area contributed by atoms with Crippen molar-refractivity contribution in [3.05, 3.63) is 34.9 Å². The second-order valence-electron chi connectivity index (χ2n) is 5.53. The van der Waals surface area contributed by atoms with Gasteiger partial charge in [-0.15, -0.1) is 0 Å². The third-order valence-electron chi connectivity index (χ3n) is 4.03. The number of carbonyl (C=O) groups is 2. The van der Waals surface area contributed by atoms with Crippen molar-refractivity contribution in [3.8, 4) is 0 Å². The lowest BCUT2D eigenvalue weighted by Crippen LogP contribution is -2.33. The molecule has 1 saturated heterocycles. The van der Waals surface area contributed by atoms with Gasteiger partial charge in [-0.25, -0.2) is 0 Å². The number of benzene rings is 1. The molecule has 0 bridgehead atoms. The molecule has 0 spiro atoms. The van der Waals surface area contributed by atoms with Crippen molar-refractivity contribution in [3.63, 3.8) is 0 Å². The molecule has 0 aliphatic carbocycles. The fourth-order valence-electron chi connectivity index (χ4n) is 3.01. The Morgan fingerprint density at radius 1 is 1.43 bits per heavy atom. The van der Waals surface area contributed by atoms with Crippen LogP contribution in [-0.2, 0) is 14.3 Å². The molecular weight excluding hydrogens is 270 g/mol. The first-order valence-corrected chi connectivity index (χ1v) is 7.04. The molecule has 0 aromatic heterocycles. The zero-order chi connectivity index (χ0) is 15.6. The largest absolute Gasteiger partial charge is 0.481 e. The Balaban J connectivity index is 2.41. The second-order valence-corrected chi connectivity index (χ2v) is 5.53. The van der Waals surface area contributed by atoms with Gasteiger partial charge in [-0.05, 0) is 25.0 Å². The fraction of sp³-hybridized carbons (Fsp3) is 0.500. The van der Waals surface area contributed by atoms with Gasteiger partial charge in [-0.3, -0.25) is 9.59 Å². The van der Waals surface area contributed by atoms with Crippen molar-refractivity contribution >= 4 is 11.9 Å². The highest BCUT2D eigenvalue weighted by atomic mass is 16.5. The Kier molecular flexibility index (Phi) is 4.63. The number of ether oxygens (including phenoxy) is 1. The van der Waals surface area contributed by atoms with E-state index in [9.17, 15) is 14.7 Å². The summed E-state index contributed by atoms with van der Waals surface area (Å²) in [6, 6.07) is 5.50. The molecule has 0 saturated carbocycles. The summed E-state index contributed by atoms with van der Waals surface area (Å²) in [7, 11) is 1.57. The smallest absolute Gasteiger partial charge is 0.309 e. The Bertz CT molecular complexity index is 555. The minimum Gasteiger partial charge on any atom is -0.481 e. The molecule has 1 fully saturated rings. The van der Waals surface area contributed by atoms with Crippen LogP contribution in [0, 0.1) is 19.8 Å².